The Labute approximate surface area is 168 Å². The van der Waals surface area contributed by atoms with E-state index >= 15 is 0 Å². The molecule has 1 N–H and O–H groups in total. The number of hydrogen-bond donors (Lipinski definition) is 1. The molecule has 0 radical (unpaired) electrons. The van der Waals surface area contributed by atoms with Crippen LogP contribution in [0, 0.1) is 0 Å². The third-order valence-corrected chi connectivity index (χ3v) is 4.66. The van der Waals surface area contributed by atoms with Gasteiger partial charge in [-0.15, -0.1) is 0 Å². The Balaban J connectivity index is 1.73. The number of hydrogen-bond acceptors (Lipinski definition) is 6. The minimum absolute atomic E-state index is 0.139. The van der Waals surface area contributed by atoms with Crippen LogP contribution in [0.3, 0.4) is 0 Å². The van der Waals surface area contributed by atoms with Gasteiger partial charge in [-0.1, -0.05) is 48.8 Å². The fraction of sp³-hybridized carbons (Fsp3) is 0.286. The van der Waals surface area contributed by atoms with Crippen molar-refractivity contribution in [2.24, 2.45) is 0 Å². The average molecular weight is 400 g/mol. The summed E-state index contributed by atoms with van der Waals surface area (Å²) >= 11 is 6.40. The number of halogens is 1. The highest BCUT2D eigenvalue weighted by molar-refractivity contribution is 6.33. The second-order valence-corrected chi connectivity index (χ2v) is 7.10. The number of nitrogens with one attached hydrogen (secondary N) is 1. The molecule has 146 valence electrons. The van der Waals surface area contributed by atoms with Gasteiger partial charge in [0.05, 0.1) is 18.7 Å². The Morgan fingerprint density at radius 2 is 1.96 bits per heavy atom. The van der Waals surface area contributed by atoms with E-state index in [0.29, 0.717) is 34.8 Å². The Bertz CT molecular complexity index is 952. The van der Waals surface area contributed by atoms with Crippen LogP contribution in [0.1, 0.15) is 30.9 Å². The topological polar surface area (TPSA) is 77.2 Å². The van der Waals surface area contributed by atoms with Crippen LogP contribution in [0.5, 0.6) is 0 Å². The molecule has 0 bridgehead atoms. The molecule has 0 fully saturated rings. The molecule has 0 amide bonds. The quantitative estimate of drug-likeness (QED) is 0.591. The molecule has 7 heteroatoms. The number of benzene rings is 2. The molecule has 1 aromatic heterocycles. The molecule has 1 heterocycles. The minimum Gasteiger partial charge on any atom is -0.468 e. The molecule has 0 aliphatic carbocycles. The van der Waals surface area contributed by atoms with Crippen LogP contribution >= 0.6 is 11.6 Å². The first-order chi connectivity index (χ1) is 13.5. The molecule has 6 nitrogen and oxygen atoms in total. The number of aromatic nitrogens is 2. The lowest BCUT2D eigenvalue weighted by molar-refractivity contribution is -0.139. The predicted octanol–water partition coefficient (Wildman–Crippen LogP) is 4.44. The largest absolute Gasteiger partial charge is 0.468 e. The maximum absolute atomic E-state index is 11.1. The first-order valence-electron chi connectivity index (χ1n) is 8.98. The molecule has 28 heavy (non-hydrogen) atoms. The van der Waals surface area contributed by atoms with Crippen LogP contribution in [0.25, 0.3) is 22.8 Å². The van der Waals surface area contributed by atoms with Crippen LogP contribution in [-0.2, 0) is 16.1 Å². The highest BCUT2D eigenvalue weighted by Crippen LogP contribution is 2.29. The van der Waals surface area contributed by atoms with Crippen LogP contribution in [-0.4, -0.2) is 29.8 Å². The average Bonchev–Trinajstić information content (AvgIpc) is 3.18. The molecule has 0 saturated carbocycles. The van der Waals surface area contributed by atoms with Crippen molar-refractivity contribution >= 4 is 17.6 Å². The second kappa shape index (κ2) is 8.99. The van der Waals surface area contributed by atoms with Crippen molar-refractivity contribution in [1.82, 2.24) is 15.5 Å². The summed E-state index contributed by atoms with van der Waals surface area (Å²) in [5.74, 6) is 1.03. The molecule has 0 atom stereocenters. The summed E-state index contributed by atoms with van der Waals surface area (Å²) in [6, 6.07) is 13.6. The van der Waals surface area contributed by atoms with Gasteiger partial charge < -0.3 is 14.6 Å². The van der Waals surface area contributed by atoms with Crippen molar-refractivity contribution < 1.29 is 14.1 Å². The van der Waals surface area contributed by atoms with Crippen molar-refractivity contribution in [1.29, 1.82) is 0 Å². The summed E-state index contributed by atoms with van der Waals surface area (Å²) < 4.78 is 10.0. The lowest BCUT2D eigenvalue weighted by Gasteiger charge is -2.06. The van der Waals surface area contributed by atoms with Crippen LogP contribution in [0.2, 0.25) is 5.02 Å². The Hall–Kier alpha value is -2.70. The third kappa shape index (κ3) is 4.77. The van der Waals surface area contributed by atoms with E-state index in [-0.39, 0.29) is 12.5 Å². The fourth-order valence-electron chi connectivity index (χ4n) is 2.69. The number of methoxy groups -OCH3 is 1. The molecule has 3 aromatic rings. The van der Waals surface area contributed by atoms with E-state index in [1.54, 1.807) is 0 Å². The lowest BCUT2D eigenvalue weighted by atomic mass is 10.0. The zero-order chi connectivity index (χ0) is 20.1. The molecule has 0 aliphatic heterocycles. The summed E-state index contributed by atoms with van der Waals surface area (Å²) in [7, 11) is 1.35. The molecule has 0 saturated heterocycles. The number of nitrogens with zero attached hydrogens (tertiary/aromatic N) is 2. The highest BCUT2D eigenvalue weighted by Gasteiger charge is 2.14. The van der Waals surface area contributed by atoms with Gasteiger partial charge >= 0.3 is 5.97 Å². The first-order valence-corrected chi connectivity index (χ1v) is 9.36. The maximum Gasteiger partial charge on any atom is 0.319 e. The third-order valence-electron chi connectivity index (χ3n) is 4.35. The van der Waals surface area contributed by atoms with Gasteiger partial charge in [-0.3, -0.25) is 4.79 Å². The monoisotopic (exact) mass is 399 g/mol. The van der Waals surface area contributed by atoms with Gasteiger partial charge in [0.1, 0.15) is 0 Å². The fourth-order valence-corrected chi connectivity index (χ4v) is 2.98. The number of rotatable bonds is 7. The summed E-state index contributed by atoms with van der Waals surface area (Å²) in [6.07, 6.45) is 0. The van der Waals surface area contributed by atoms with Crippen molar-refractivity contribution in [3.8, 4) is 22.8 Å². The maximum atomic E-state index is 11.1. The minimum atomic E-state index is -0.316. The van der Waals surface area contributed by atoms with Crippen LogP contribution in [0.15, 0.2) is 47.0 Å². The van der Waals surface area contributed by atoms with Crippen LogP contribution in [0.4, 0.5) is 0 Å². The normalized spacial score (nSPS) is 11.0. The van der Waals surface area contributed by atoms with Crippen molar-refractivity contribution in [3.05, 3.63) is 58.6 Å². The molecule has 0 unspecified atom stereocenters. The van der Waals surface area contributed by atoms with Gasteiger partial charge in [0.15, 0.2) is 0 Å². The van der Waals surface area contributed by atoms with Gasteiger partial charge in [0.25, 0.3) is 5.89 Å². The number of esters is 1. The number of ether oxygens (including phenoxy) is 1. The molecule has 2 aromatic carbocycles. The van der Waals surface area contributed by atoms with E-state index in [2.05, 4.69) is 46.2 Å². The van der Waals surface area contributed by atoms with E-state index in [0.717, 1.165) is 11.1 Å². The van der Waals surface area contributed by atoms with Crippen molar-refractivity contribution in [2.45, 2.75) is 26.3 Å². The van der Waals surface area contributed by atoms with Crippen LogP contribution < -0.4 is 5.32 Å². The highest BCUT2D eigenvalue weighted by atomic mass is 35.5. The molecule has 0 spiro atoms. The predicted molar refractivity (Wildman–Crippen MR) is 108 cm³/mol. The van der Waals surface area contributed by atoms with Gasteiger partial charge in [-0.05, 0) is 41.3 Å². The number of carbonyl (C=O) groups excluding carboxylic acids is 1. The van der Waals surface area contributed by atoms with Crippen molar-refractivity contribution in [3.63, 3.8) is 0 Å². The van der Waals surface area contributed by atoms with Gasteiger partial charge in [0.2, 0.25) is 5.82 Å². The van der Waals surface area contributed by atoms with Gasteiger partial charge in [-0.25, -0.2) is 0 Å². The zero-order valence-electron chi connectivity index (χ0n) is 16.0. The standard InChI is InChI=1S/C21H22ClN3O3/c1-13(2)15-5-7-16(8-6-15)21-24-20(25-28-21)17-9-4-14(10-18(17)22)11-23-12-19(26)27-3/h4-10,13,23H,11-12H2,1-3H3. The summed E-state index contributed by atoms with van der Waals surface area (Å²) in [5.41, 5.74) is 3.74. The van der Waals surface area contributed by atoms with E-state index in [9.17, 15) is 4.79 Å². The van der Waals surface area contributed by atoms with Crippen molar-refractivity contribution in [2.75, 3.05) is 13.7 Å². The van der Waals surface area contributed by atoms with E-state index < -0.39 is 0 Å². The summed E-state index contributed by atoms with van der Waals surface area (Å²) in [6.45, 7) is 4.93. The first kappa shape index (κ1) is 20.0. The van der Waals surface area contributed by atoms with E-state index in [1.807, 2.05) is 30.3 Å². The molecular weight excluding hydrogens is 378 g/mol. The number of carbonyl (C=O) groups is 1. The smallest absolute Gasteiger partial charge is 0.319 e. The summed E-state index contributed by atoms with van der Waals surface area (Å²) in [4.78, 5) is 15.6. The molecular formula is C21H22ClN3O3. The SMILES string of the molecule is COC(=O)CNCc1ccc(-c2noc(-c3ccc(C(C)C)cc3)n2)c(Cl)c1. The second-order valence-electron chi connectivity index (χ2n) is 6.69. The van der Waals surface area contributed by atoms with Gasteiger partial charge in [0, 0.05) is 17.7 Å². The zero-order valence-corrected chi connectivity index (χ0v) is 16.8. The Morgan fingerprint density at radius 3 is 2.61 bits per heavy atom. The van der Waals surface area contributed by atoms with E-state index in [1.165, 1.54) is 12.7 Å². The van der Waals surface area contributed by atoms with E-state index in [4.69, 9.17) is 16.1 Å². The molecule has 3 rings (SSSR count). The Morgan fingerprint density at radius 1 is 1.21 bits per heavy atom. The Kier molecular flexibility index (Phi) is 6.44. The lowest BCUT2D eigenvalue weighted by Crippen LogP contribution is -2.23. The molecule has 0 aliphatic rings. The summed E-state index contributed by atoms with van der Waals surface area (Å²) in [5, 5.41) is 7.57. The van der Waals surface area contributed by atoms with Gasteiger partial charge in [-0.2, -0.15) is 4.98 Å².